The van der Waals surface area contributed by atoms with Crippen LogP contribution in [0, 0.1) is 0 Å². The summed E-state index contributed by atoms with van der Waals surface area (Å²) in [4.78, 5) is 13.3. The normalized spacial score (nSPS) is 24.2. The van der Waals surface area contributed by atoms with Gasteiger partial charge in [0.2, 0.25) is 0 Å². The molecule has 0 radical (unpaired) electrons. The van der Waals surface area contributed by atoms with Gasteiger partial charge in [-0.3, -0.25) is 4.90 Å². The van der Waals surface area contributed by atoms with E-state index in [0.29, 0.717) is 6.04 Å². The maximum atomic E-state index is 10.8. The fourth-order valence-electron chi connectivity index (χ4n) is 3.19. The van der Waals surface area contributed by atoms with Crippen molar-refractivity contribution in [2.24, 2.45) is 0 Å². The van der Waals surface area contributed by atoms with Crippen LogP contribution >= 0.6 is 0 Å². The van der Waals surface area contributed by atoms with Crippen LogP contribution in [-0.2, 0) is 0 Å². The molecule has 0 bridgehead atoms. The molecule has 1 saturated heterocycles. The Morgan fingerprint density at radius 1 is 1.14 bits per heavy atom. The van der Waals surface area contributed by atoms with Gasteiger partial charge in [-0.25, -0.2) is 0 Å². The molecule has 1 aromatic carbocycles. The van der Waals surface area contributed by atoms with Gasteiger partial charge in [-0.05, 0) is 49.9 Å². The average molecular weight is 293 g/mol. The van der Waals surface area contributed by atoms with E-state index < -0.39 is 5.97 Å². The molecular weight excluding hydrogens is 273 g/mol. The first-order valence-electron chi connectivity index (χ1n) is 7.50. The Hall–Kier alpha value is -0.610. The monoisotopic (exact) mass is 293 g/mol. The average Bonchev–Trinajstić information content (AvgIpc) is 2.39. The number of carbonyl (C=O) groups is 1. The van der Waals surface area contributed by atoms with Crippen molar-refractivity contribution in [2.45, 2.75) is 38.1 Å². The zero-order valence-corrected chi connectivity index (χ0v) is 14.7. The SMILES string of the molecule is O=C([O-])c1ccc(C=C2CCCCC2N2CCC2)cc1.[Na+]. The van der Waals surface area contributed by atoms with Crippen molar-refractivity contribution >= 4 is 12.0 Å². The molecule has 4 heteroatoms. The summed E-state index contributed by atoms with van der Waals surface area (Å²) in [5.41, 5.74) is 2.85. The molecule has 1 aliphatic carbocycles. The van der Waals surface area contributed by atoms with Gasteiger partial charge in [0.05, 0.1) is 5.97 Å². The molecule has 2 fully saturated rings. The summed E-state index contributed by atoms with van der Waals surface area (Å²) in [6.45, 7) is 2.46. The van der Waals surface area contributed by atoms with Crippen LogP contribution in [0.4, 0.5) is 0 Å². The van der Waals surface area contributed by atoms with Crippen molar-refractivity contribution in [3.05, 3.63) is 41.0 Å². The molecule has 2 aliphatic rings. The third kappa shape index (κ3) is 3.98. The first-order chi connectivity index (χ1) is 9.74. The molecule has 1 heterocycles. The molecular formula is C17H20NNaO2. The van der Waals surface area contributed by atoms with E-state index in [0.717, 1.165) is 5.56 Å². The van der Waals surface area contributed by atoms with Crippen LogP contribution in [0.3, 0.4) is 0 Å². The number of carboxylic acid groups (broad SMARTS) is 1. The molecule has 3 rings (SSSR count). The Kier molecular flexibility index (Phi) is 6.06. The van der Waals surface area contributed by atoms with Gasteiger partial charge in [0.15, 0.2) is 0 Å². The number of nitrogens with zero attached hydrogens (tertiary/aromatic N) is 1. The van der Waals surface area contributed by atoms with Crippen LogP contribution in [-0.4, -0.2) is 30.0 Å². The number of aromatic carboxylic acids is 1. The molecule has 1 saturated carbocycles. The Balaban J connectivity index is 0.00000161. The standard InChI is InChI=1S/C17H21NO2.Na/c19-17(20)14-8-6-13(7-9-14)12-15-4-1-2-5-16(15)18-10-3-11-18;/h6-9,12,16H,1-5,10-11H2,(H,19,20);/q;+1/p-1. The second-order valence-corrected chi connectivity index (χ2v) is 5.78. The smallest absolute Gasteiger partial charge is 0.545 e. The number of likely N-dealkylation sites (tertiary alicyclic amines) is 1. The minimum Gasteiger partial charge on any atom is -0.545 e. The van der Waals surface area contributed by atoms with Gasteiger partial charge in [0, 0.05) is 6.04 Å². The summed E-state index contributed by atoms with van der Waals surface area (Å²) < 4.78 is 0. The van der Waals surface area contributed by atoms with Gasteiger partial charge in [0.1, 0.15) is 0 Å². The molecule has 1 aromatic rings. The van der Waals surface area contributed by atoms with Crippen LogP contribution in [0.5, 0.6) is 0 Å². The van der Waals surface area contributed by atoms with E-state index in [1.54, 1.807) is 12.1 Å². The second kappa shape index (κ2) is 7.59. The number of hydrogen-bond acceptors (Lipinski definition) is 3. The fourth-order valence-corrected chi connectivity index (χ4v) is 3.19. The minimum absolute atomic E-state index is 0. The molecule has 21 heavy (non-hydrogen) atoms. The predicted molar refractivity (Wildman–Crippen MR) is 77.2 cm³/mol. The summed E-state index contributed by atoms with van der Waals surface area (Å²) in [6.07, 6.45) is 8.60. The molecule has 106 valence electrons. The van der Waals surface area contributed by atoms with Crippen molar-refractivity contribution < 1.29 is 39.5 Å². The van der Waals surface area contributed by atoms with Crippen LogP contribution in [0.1, 0.15) is 48.0 Å². The number of carboxylic acids is 1. The zero-order valence-electron chi connectivity index (χ0n) is 12.7. The van der Waals surface area contributed by atoms with Gasteiger partial charge in [-0.2, -0.15) is 0 Å². The number of hydrogen-bond donors (Lipinski definition) is 0. The second-order valence-electron chi connectivity index (χ2n) is 5.78. The fraction of sp³-hybridized carbons (Fsp3) is 0.471. The minimum atomic E-state index is -1.11. The molecule has 1 unspecified atom stereocenters. The van der Waals surface area contributed by atoms with Gasteiger partial charge in [0.25, 0.3) is 0 Å². The van der Waals surface area contributed by atoms with Crippen molar-refractivity contribution in [1.82, 2.24) is 4.90 Å². The van der Waals surface area contributed by atoms with Crippen molar-refractivity contribution in [3.8, 4) is 0 Å². The summed E-state index contributed by atoms with van der Waals surface area (Å²) in [7, 11) is 0. The Labute approximate surface area is 148 Å². The van der Waals surface area contributed by atoms with Crippen molar-refractivity contribution in [3.63, 3.8) is 0 Å². The Morgan fingerprint density at radius 2 is 1.86 bits per heavy atom. The molecule has 0 aromatic heterocycles. The Bertz CT molecular complexity index is 520. The van der Waals surface area contributed by atoms with Crippen molar-refractivity contribution in [1.29, 1.82) is 0 Å². The third-order valence-electron chi connectivity index (χ3n) is 4.45. The third-order valence-corrected chi connectivity index (χ3v) is 4.45. The Morgan fingerprint density at radius 3 is 2.43 bits per heavy atom. The summed E-state index contributed by atoms with van der Waals surface area (Å²) in [5, 5.41) is 10.8. The molecule has 0 N–H and O–H groups in total. The number of rotatable bonds is 3. The van der Waals surface area contributed by atoms with Gasteiger partial charge in [-0.1, -0.05) is 42.3 Å². The molecule has 1 atom stereocenters. The van der Waals surface area contributed by atoms with Gasteiger partial charge in [-0.15, -0.1) is 0 Å². The topological polar surface area (TPSA) is 43.4 Å². The first kappa shape index (κ1) is 16.8. The van der Waals surface area contributed by atoms with E-state index in [1.165, 1.54) is 50.8 Å². The molecule has 0 amide bonds. The van der Waals surface area contributed by atoms with Crippen LogP contribution in [0.25, 0.3) is 6.08 Å². The van der Waals surface area contributed by atoms with E-state index in [1.807, 2.05) is 12.1 Å². The number of benzene rings is 1. The van der Waals surface area contributed by atoms with E-state index in [2.05, 4.69) is 11.0 Å². The van der Waals surface area contributed by atoms with E-state index >= 15 is 0 Å². The zero-order chi connectivity index (χ0) is 13.9. The summed E-state index contributed by atoms with van der Waals surface area (Å²) in [5.74, 6) is -1.11. The van der Waals surface area contributed by atoms with E-state index in [-0.39, 0.29) is 35.1 Å². The maximum Gasteiger partial charge on any atom is 1.00 e. The maximum absolute atomic E-state index is 10.8. The van der Waals surface area contributed by atoms with Gasteiger partial charge < -0.3 is 9.90 Å². The van der Waals surface area contributed by atoms with Crippen LogP contribution in [0.15, 0.2) is 29.8 Å². The van der Waals surface area contributed by atoms with Crippen molar-refractivity contribution in [2.75, 3.05) is 13.1 Å². The largest absolute Gasteiger partial charge is 1.00 e. The first-order valence-corrected chi connectivity index (χ1v) is 7.50. The quantitative estimate of drug-likeness (QED) is 0.678. The summed E-state index contributed by atoms with van der Waals surface area (Å²) in [6, 6.07) is 7.62. The number of carbonyl (C=O) groups excluding carboxylic acids is 1. The predicted octanol–water partition coefficient (Wildman–Crippen LogP) is -0.914. The molecule has 3 nitrogen and oxygen atoms in total. The van der Waals surface area contributed by atoms with E-state index in [4.69, 9.17) is 0 Å². The van der Waals surface area contributed by atoms with E-state index in [9.17, 15) is 9.90 Å². The van der Waals surface area contributed by atoms with Gasteiger partial charge >= 0.3 is 29.6 Å². The molecule has 0 spiro atoms. The summed E-state index contributed by atoms with van der Waals surface area (Å²) >= 11 is 0. The van der Waals surface area contributed by atoms with Crippen LogP contribution < -0.4 is 34.7 Å². The van der Waals surface area contributed by atoms with Crippen LogP contribution in [0.2, 0.25) is 0 Å². The molecule has 1 aliphatic heterocycles.